The molecule has 1 saturated carbocycles. The van der Waals surface area contributed by atoms with Gasteiger partial charge in [0, 0.05) is 11.5 Å². The Balaban J connectivity index is 2.40. The summed E-state index contributed by atoms with van der Waals surface area (Å²) in [5, 5.41) is 12.4. The average Bonchev–Trinajstić information content (AvgIpc) is 2.02. The zero-order chi connectivity index (χ0) is 10.8. The van der Waals surface area contributed by atoms with Gasteiger partial charge in [0.15, 0.2) is 0 Å². The van der Waals surface area contributed by atoms with Crippen LogP contribution in [0.4, 0.5) is 0 Å². The smallest absolute Gasteiger partial charge is 0.225 e. The Kier molecular flexibility index (Phi) is 3.53. The first-order chi connectivity index (χ1) is 6.39. The molecule has 1 amide bonds. The van der Waals surface area contributed by atoms with Crippen LogP contribution in [0.25, 0.3) is 0 Å². The van der Waals surface area contributed by atoms with Gasteiger partial charge in [0.05, 0.1) is 6.10 Å². The number of amides is 1. The third-order valence-electron chi connectivity index (χ3n) is 2.66. The Morgan fingerprint density at radius 3 is 2.50 bits per heavy atom. The molecule has 3 heteroatoms. The minimum atomic E-state index is -0.331. The maximum Gasteiger partial charge on any atom is 0.225 e. The molecule has 2 N–H and O–H groups in total. The number of nitrogens with one attached hydrogen (secondary N) is 1. The van der Waals surface area contributed by atoms with Gasteiger partial charge in [0.2, 0.25) is 5.91 Å². The van der Waals surface area contributed by atoms with E-state index in [4.69, 9.17) is 0 Å². The van der Waals surface area contributed by atoms with Gasteiger partial charge in [-0.15, -0.1) is 0 Å². The number of aliphatic hydroxyl groups is 1. The summed E-state index contributed by atoms with van der Waals surface area (Å²) < 4.78 is 0. The van der Waals surface area contributed by atoms with Crippen molar-refractivity contribution in [2.45, 2.75) is 58.6 Å². The number of carbonyl (C=O) groups excluding carboxylic acids is 1. The lowest BCUT2D eigenvalue weighted by molar-refractivity contribution is -0.129. The van der Waals surface area contributed by atoms with E-state index in [0.29, 0.717) is 6.42 Å². The van der Waals surface area contributed by atoms with Crippen LogP contribution in [0.2, 0.25) is 0 Å². The third kappa shape index (κ3) is 3.29. The highest BCUT2D eigenvalue weighted by molar-refractivity contribution is 5.81. The predicted molar refractivity (Wildman–Crippen MR) is 55.9 cm³/mol. The monoisotopic (exact) mass is 199 g/mol. The molecule has 0 heterocycles. The van der Waals surface area contributed by atoms with Gasteiger partial charge < -0.3 is 10.4 Å². The van der Waals surface area contributed by atoms with E-state index < -0.39 is 0 Å². The van der Waals surface area contributed by atoms with Crippen LogP contribution in [0, 0.1) is 5.41 Å². The first-order valence-corrected chi connectivity index (χ1v) is 5.38. The second-order valence-electron chi connectivity index (χ2n) is 5.24. The van der Waals surface area contributed by atoms with E-state index in [1.165, 1.54) is 0 Å². The second kappa shape index (κ2) is 4.30. The zero-order valence-corrected chi connectivity index (χ0v) is 9.34. The zero-order valence-electron chi connectivity index (χ0n) is 9.34. The largest absolute Gasteiger partial charge is 0.393 e. The van der Waals surface area contributed by atoms with Crippen molar-refractivity contribution in [1.82, 2.24) is 5.32 Å². The molecule has 82 valence electrons. The molecule has 0 aromatic carbocycles. The van der Waals surface area contributed by atoms with Crippen LogP contribution in [-0.4, -0.2) is 23.2 Å². The van der Waals surface area contributed by atoms with Crippen LogP contribution in [0.1, 0.15) is 46.5 Å². The quantitative estimate of drug-likeness (QED) is 0.671. The lowest BCUT2D eigenvalue weighted by atomic mass is 9.90. The minimum absolute atomic E-state index is 0.0802. The molecule has 1 aliphatic rings. The van der Waals surface area contributed by atoms with Crippen LogP contribution >= 0.6 is 0 Å². The average molecular weight is 199 g/mol. The predicted octanol–water partition coefficient (Wildman–Crippen LogP) is 1.45. The summed E-state index contributed by atoms with van der Waals surface area (Å²) in [7, 11) is 0. The fraction of sp³-hybridized carbons (Fsp3) is 0.909. The summed E-state index contributed by atoms with van der Waals surface area (Å²) in [5.41, 5.74) is -0.331. The number of carbonyl (C=O) groups is 1. The summed E-state index contributed by atoms with van der Waals surface area (Å²) in [6.45, 7) is 5.71. The topological polar surface area (TPSA) is 49.3 Å². The Morgan fingerprint density at radius 2 is 2.00 bits per heavy atom. The Morgan fingerprint density at radius 1 is 1.36 bits per heavy atom. The fourth-order valence-electron chi connectivity index (χ4n) is 1.70. The molecular formula is C11H21NO2. The Bertz CT molecular complexity index is 208. The SMILES string of the molecule is CC(C)(C)C(=O)N[C@@H]1CCC[C@H](O)C1. The summed E-state index contributed by atoms with van der Waals surface area (Å²) >= 11 is 0. The van der Waals surface area contributed by atoms with Crippen LogP contribution in [0.3, 0.4) is 0 Å². The highest BCUT2D eigenvalue weighted by Crippen LogP contribution is 2.20. The van der Waals surface area contributed by atoms with Gasteiger partial charge in [-0.1, -0.05) is 20.8 Å². The molecule has 0 radical (unpaired) electrons. The summed E-state index contributed by atoms with van der Waals surface area (Å²) in [6.07, 6.45) is 3.37. The number of hydrogen-bond acceptors (Lipinski definition) is 2. The van der Waals surface area contributed by atoms with Gasteiger partial charge in [-0.3, -0.25) is 4.79 Å². The molecule has 0 spiro atoms. The Hall–Kier alpha value is -0.570. The van der Waals surface area contributed by atoms with Gasteiger partial charge in [-0.05, 0) is 25.7 Å². The van der Waals surface area contributed by atoms with Crippen molar-refractivity contribution in [1.29, 1.82) is 0 Å². The molecule has 0 bridgehead atoms. The molecule has 0 aliphatic heterocycles. The van der Waals surface area contributed by atoms with Crippen molar-refractivity contribution in [3.63, 3.8) is 0 Å². The standard InChI is InChI=1S/C11H21NO2/c1-11(2,3)10(14)12-8-5-4-6-9(13)7-8/h8-9,13H,4-7H2,1-3H3,(H,12,14)/t8-,9+/m1/s1. The van der Waals surface area contributed by atoms with Crippen molar-refractivity contribution in [3.8, 4) is 0 Å². The number of rotatable bonds is 1. The van der Waals surface area contributed by atoms with Crippen molar-refractivity contribution in [3.05, 3.63) is 0 Å². The van der Waals surface area contributed by atoms with E-state index in [0.717, 1.165) is 19.3 Å². The van der Waals surface area contributed by atoms with Crippen molar-refractivity contribution >= 4 is 5.91 Å². The molecule has 0 unspecified atom stereocenters. The van der Waals surface area contributed by atoms with Crippen LogP contribution in [-0.2, 0) is 4.79 Å². The van der Waals surface area contributed by atoms with Crippen LogP contribution in [0.5, 0.6) is 0 Å². The van der Waals surface area contributed by atoms with Gasteiger partial charge in [0.1, 0.15) is 0 Å². The first kappa shape index (κ1) is 11.5. The Labute approximate surface area is 85.9 Å². The molecule has 14 heavy (non-hydrogen) atoms. The van der Waals surface area contributed by atoms with Gasteiger partial charge in [0.25, 0.3) is 0 Å². The lowest BCUT2D eigenvalue weighted by Crippen LogP contribution is -2.44. The fourth-order valence-corrected chi connectivity index (χ4v) is 1.70. The molecule has 0 saturated heterocycles. The van der Waals surface area contributed by atoms with E-state index >= 15 is 0 Å². The molecule has 1 aliphatic carbocycles. The minimum Gasteiger partial charge on any atom is -0.393 e. The number of aliphatic hydroxyl groups excluding tert-OH is 1. The molecule has 0 aromatic rings. The normalized spacial score (nSPS) is 28.6. The molecule has 2 atom stereocenters. The van der Waals surface area contributed by atoms with Crippen molar-refractivity contribution < 1.29 is 9.90 Å². The summed E-state index contributed by atoms with van der Waals surface area (Å²) in [6, 6.07) is 0.172. The summed E-state index contributed by atoms with van der Waals surface area (Å²) in [5.74, 6) is 0.0802. The van der Waals surface area contributed by atoms with Crippen molar-refractivity contribution in [2.24, 2.45) is 5.41 Å². The first-order valence-electron chi connectivity index (χ1n) is 5.38. The lowest BCUT2D eigenvalue weighted by Gasteiger charge is -2.29. The molecular weight excluding hydrogens is 178 g/mol. The van der Waals surface area contributed by atoms with Gasteiger partial charge in [-0.2, -0.15) is 0 Å². The van der Waals surface area contributed by atoms with E-state index in [1.807, 2.05) is 20.8 Å². The maximum absolute atomic E-state index is 11.6. The highest BCUT2D eigenvalue weighted by Gasteiger charge is 2.26. The number of hydrogen-bond donors (Lipinski definition) is 2. The third-order valence-corrected chi connectivity index (χ3v) is 2.66. The van der Waals surface area contributed by atoms with E-state index in [-0.39, 0.29) is 23.5 Å². The summed E-state index contributed by atoms with van der Waals surface area (Å²) in [4.78, 5) is 11.6. The van der Waals surface area contributed by atoms with E-state index in [1.54, 1.807) is 0 Å². The van der Waals surface area contributed by atoms with Crippen LogP contribution in [0.15, 0.2) is 0 Å². The maximum atomic E-state index is 11.6. The van der Waals surface area contributed by atoms with Gasteiger partial charge >= 0.3 is 0 Å². The highest BCUT2D eigenvalue weighted by atomic mass is 16.3. The second-order valence-corrected chi connectivity index (χ2v) is 5.24. The van der Waals surface area contributed by atoms with Crippen molar-refractivity contribution in [2.75, 3.05) is 0 Å². The van der Waals surface area contributed by atoms with E-state index in [9.17, 15) is 9.90 Å². The molecule has 1 rings (SSSR count). The molecule has 1 fully saturated rings. The van der Waals surface area contributed by atoms with Gasteiger partial charge in [-0.25, -0.2) is 0 Å². The van der Waals surface area contributed by atoms with E-state index in [2.05, 4.69) is 5.32 Å². The molecule has 3 nitrogen and oxygen atoms in total. The van der Waals surface area contributed by atoms with Crippen LogP contribution < -0.4 is 5.32 Å². The molecule has 0 aromatic heterocycles.